The first-order valence-corrected chi connectivity index (χ1v) is 4.75. The van der Waals surface area contributed by atoms with Crippen molar-refractivity contribution in [1.29, 1.82) is 0 Å². The van der Waals surface area contributed by atoms with Crippen LogP contribution < -0.4 is 5.32 Å². The van der Waals surface area contributed by atoms with Gasteiger partial charge < -0.3 is 4.90 Å². The Morgan fingerprint density at radius 2 is 2.00 bits per heavy atom. The molecule has 1 N–H and O–H groups in total. The van der Waals surface area contributed by atoms with Crippen LogP contribution in [0.3, 0.4) is 0 Å². The molecule has 2 rings (SSSR count). The Morgan fingerprint density at radius 3 is 2.50 bits per heavy atom. The Bertz CT molecular complexity index is 191. The molecule has 3 nitrogen and oxygen atoms in total. The van der Waals surface area contributed by atoms with Gasteiger partial charge in [0.1, 0.15) is 0 Å². The number of nitrogens with one attached hydrogen (secondary N) is 1. The monoisotopic (exact) mass is 168 g/mol. The molecule has 3 heteroatoms. The summed E-state index contributed by atoms with van der Waals surface area (Å²) < 4.78 is 0. The molecule has 0 bridgehead atoms. The van der Waals surface area contributed by atoms with Crippen LogP contribution in [0.2, 0.25) is 0 Å². The maximum absolute atomic E-state index is 11.7. The fraction of sp³-hybridized carbons (Fsp3) is 0.889. The molecular weight excluding hydrogens is 152 g/mol. The highest BCUT2D eigenvalue weighted by Gasteiger charge is 2.45. The lowest BCUT2D eigenvalue weighted by Crippen LogP contribution is -2.47. The van der Waals surface area contributed by atoms with Crippen LogP contribution in [-0.2, 0) is 4.79 Å². The third-order valence-corrected chi connectivity index (χ3v) is 3.12. The Kier molecular flexibility index (Phi) is 1.83. The van der Waals surface area contributed by atoms with Crippen LogP contribution in [0.5, 0.6) is 0 Å². The fourth-order valence-corrected chi connectivity index (χ4v) is 2.33. The van der Waals surface area contributed by atoms with E-state index in [1.807, 2.05) is 7.05 Å². The molecule has 68 valence electrons. The summed E-state index contributed by atoms with van der Waals surface area (Å²) >= 11 is 0. The number of carbonyl (C=O) groups excluding carboxylic acids is 1. The quantitative estimate of drug-likeness (QED) is 0.577. The first-order valence-electron chi connectivity index (χ1n) is 4.75. The first-order chi connectivity index (χ1) is 5.75. The zero-order valence-corrected chi connectivity index (χ0v) is 7.60. The van der Waals surface area contributed by atoms with E-state index in [1.54, 1.807) is 4.90 Å². The zero-order valence-electron chi connectivity index (χ0n) is 7.60. The van der Waals surface area contributed by atoms with Gasteiger partial charge in [-0.15, -0.1) is 0 Å². The lowest BCUT2D eigenvalue weighted by atomic mass is 9.82. The summed E-state index contributed by atoms with van der Waals surface area (Å²) in [6.07, 6.45) is 5.77. The van der Waals surface area contributed by atoms with E-state index in [0.29, 0.717) is 5.91 Å². The van der Waals surface area contributed by atoms with Crippen LogP contribution in [0.4, 0.5) is 0 Å². The van der Waals surface area contributed by atoms with Gasteiger partial charge in [-0.25, -0.2) is 0 Å². The van der Waals surface area contributed by atoms with Crippen molar-refractivity contribution in [3.05, 3.63) is 0 Å². The highest BCUT2D eigenvalue weighted by molar-refractivity contribution is 5.88. The van der Waals surface area contributed by atoms with Crippen LogP contribution in [0.1, 0.15) is 32.1 Å². The van der Waals surface area contributed by atoms with Gasteiger partial charge in [-0.1, -0.05) is 19.3 Å². The van der Waals surface area contributed by atoms with Gasteiger partial charge in [0, 0.05) is 7.05 Å². The molecule has 12 heavy (non-hydrogen) atoms. The molecule has 1 aliphatic heterocycles. The van der Waals surface area contributed by atoms with E-state index in [-0.39, 0.29) is 5.54 Å². The summed E-state index contributed by atoms with van der Waals surface area (Å²) in [5, 5.41) is 3.35. The van der Waals surface area contributed by atoms with E-state index in [9.17, 15) is 4.79 Å². The third-order valence-electron chi connectivity index (χ3n) is 3.12. The number of rotatable bonds is 0. The molecule has 0 radical (unpaired) electrons. The second kappa shape index (κ2) is 2.73. The highest BCUT2D eigenvalue weighted by atomic mass is 16.2. The Morgan fingerprint density at radius 1 is 1.33 bits per heavy atom. The molecule has 0 atom stereocenters. The molecule has 2 fully saturated rings. The molecule has 1 saturated carbocycles. The van der Waals surface area contributed by atoms with Crippen molar-refractivity contribution >= 4 is 5.91 Å². The zero-order chi connectivity index (χ0) is 8.60. The van der Waals surface area contributed by atoms with E-state index >= 15 is 0 Å². The minimum atomic E-state index is -0.160. The van der Waals surface area contributed by atoms with E-state index in [1.165, 1.54) is 19.3 Å². The largest absolute Gasteiger partial charge is 0.331 e. The minimum absolute atomic E-state index is 0.160. The molecule has 0 unspecified atom stereocenters. The summed E-state index contributed by atoms with van der Waals surface area (Å²) in [6.45, 7) is 0.735. The van der Waals surface area contributed by atoms with Gasteiger partial charge in [0.25, 0.3) is 0 Å². The summed E-state index contributed by atoms with van der Waals surface area (Å²) in [5.41, 5.74) is -0.160. The summed E-state index contributed by atoms with van der Waals surface area (Å²) in [5.74, 6) is 0.308. The predicted molar refractivity (Wildman–Crippen MR) is 46.6 cm³/mol. The van der Waals surface area contributed by atoms with Crippen LogP contribution in [0, 0.1) is 0 Å². The van der Waals surface area contributed by atoms with Crippen LogP contribution in [-0.4, -0.2) is 30.1 Å². The molecule has 1 saturated heterocycles. The molecule has 2 aliphatic rings. The normalized spacial score (nSPS) is 28.4. The number of hydrogen-bond acceptors (Lipinski definition) is 2. The van der Waals surface area contributed by atoms with E-state index in [0.717, 1.165) is 19.5 Å². The van der Waals surface area contributed by atoms with Crippen LogP contribution in [0.15, 0.2) is 0 Å². The van der Waals surface area contributed by atoms with Crippen molar-refractivity contribution in [2.45, 2.75) is 37.6 Å². The Labute approximate surface area is 73.1 Å². The van der Waals surface area contributed by atoms with Crippen LogP contribution in [0.25, 0.3) is 0 Å². The predicted octanol–water partition coefficient (Wildman–Crippen LogP) is 0.708. The van der Waals surface area contributed by atoms with Gasteiger partial charge in [0.2, 0.25) is 5.91 Å². The number of carbonyl (C=O) groups is 1. The molecular formula is C9H16N2O. The SMILES string of the molecule is CN1CNC2(CCCCC2)C1=O. The van der Waals surface area contributed by atoms with Crippen molar-refractivity contribution in [3.8, 4) is 0 Å². The average molecular weight is 168 g/mol. The molecule has 0 aromatic carbocycles. The molecule has 1 aliphatic carbocycles. The smallest absolute Gasteiger partial charge is 0.243 e. The van der Waals surface area contributed by atoms with Gasteiger partial charge in [0.15, 0.2) is 0 Å². The summed E-state index contributed by atoms with van der Waals surface area (Å²) in [6, 6.07) is 0. The Balaban J connectivity index is 2.14. The van der Waals surface area contributed by atoms with Gasteiger partial charge in [0.05, 0.1) is 12.2 Å². The number of nitrogens with zero attached hydrogens (tertiary/aromatic N) is 1. The van der Waals surface area contributed by atoms with Crippen molar-refractivity contribution in [3.63, 3.8) is 0 Å². The van der Waals surface area contributed by atoms with Crippen molar-refractivity contribution in [2.75, 3.05) is 13.7 Å². The van der Waals surface area contributed by atoms with Gasteiger partial charge in [-0.05, 0) is 12.8 Å². The van der Waals surface area contributed by atoms with Gasteiger partial charge in [-0.2, -0.15) is 0 Å². The topological polar surface area (TPSA) is 32.3 Å². The Hall–Kier alpha value is -0.570. The van der Waals surface area contributed by atoms with Crippen molar-refractivity contribution in [2.24, 2.45) is 0 Å². The number of likely N-dealkylation sites (N-methyl/N-ethyl adjacent to an activating group) is 1. The third kappa shape index (κ3) is 1.04. The van der Waals surface area contributed by atoms with Gasteiger partial charge in [-0.3, -0.25) is 10.1 Å². The van der Waals surface area contributed by atoms with E-state index < -0.39 is 0 Å². The molecule has 1 spiro atoms. The van der Waals surface area contributed by atoms with Crippen molar-refractivity contribution < 1.29 is 4.79 Å². The second-order valence-corrected chi connectivity index (χ2v) is 3.98. The minimum Gasteiger partial charge on any atom is -0.331 e. The average Bonchev–Trinajstić information content (AvgIpc) is 2.37. The number of hydrogen-bond donors (Lipinski definition) is 1. The standard InChI is InChI=1S/C9H16N2O/c1-11-7-10-9(8(11)12)5-3-2-4-6-9/h10H,2-7H2,1H3. The molecule has 0 aromatic heterocycles. The lowest BCUT2D eigenvalue weighted by molar-refractivity contribution is -0.132. The summed E-state index contributed by atoms with van der Waals surface area (Å²) in [7, 11) is 1.87. The maximum atomic E-state index is 11.7. The van der Waals surface area contributed by atoms with Crippen molar-refractivity contribution in [1.82, 2.24) is 10.2 Å². The molecule has 0 aromatic rings. The first kappa shape index (κ1) is 8.05. The lowest BCUT2D eigenvalue weighted by Gasteiger charge is -2.30. The van der Waals surface area contributed by atoms with Gasteiger partial charge >= 0.3 is 0 Å². The number of amides is 1. The maximum Gasteiger partial charge on any atom is 0.243 e. The molecule has 1 amide bonds. The fourth-order valence-electron chi connectivity index (χ4n) is 2.33. The molecule has 1 heterocycles. The second-order valence-electron chi connectivity index (χ2n) is 3.98. The van der Waals surface area contributed by atoms with E-state index in [2.05, 4.69) is 5.32 Å². The van der Waals surface area contributed by atoms with Crippen LogP contribution >= 0.6 is 0 Å². The summed E-state index contributed by atoms with van der Waals surface area (Å²) in [4.78, 5) is 13.5. The van der Waals surface area contributed by atoms with E-state index in [4.69, 9.17) is 0 Å². The highest BCUT2D eigenvalue weighted by Crippen LogP contribution is 2.32.